The summed E-state index contributed by atoms with van der Waals surface area (Å²) in [6, 6.07) is 13.7. The normalized spacial score (nSPS) is 28.8. The molecule has 180 valence electrons. The number of hydrogen-bond acceptors (Lipinski definition) is 3. The van der Waals surface area contributed by atoms with Crippen molar-refractivity contribution in [2.75, 3.05) is 6.54 Å². The highest BCUT2D eigenvalue weighted by molar-refractivity contribution is 5.90. The van der Waals surface area contributed by atoms with Crippen LogP contribution in [0.1, 0.15) is 50.2 Å². The molecular formula is C28H35N3O3. The summed E-state index contributed by atoms with van der Waals surface area (Å²) in [5.74, 6) is 1.97. The Morgan fingerprint density at radius 1 is 1.00 bits per heavy atom. The Bertz CT molecular complexity index is 984. The zero-order valence-electron chi connectivity index (χ0n) is 19.9. The van der Waals surface area contributed by atoms with Crippen LogP contribution in [-0.4, -0.2) is 45.1 Å². The third kappa shape index (κ3) is 4.42. The summed E-state index contributed by atoms with van der Waals surface area (Å²) >= 11 is 0. The first kappa shape index (κ1) is 22.9. The standard InChI is InChI=1S/C28H35N3O3/c1-28(17-20-8-5-10-29-18-20,26(32)30-11-9-19-6-3-2-4-7-19)31(27(33)34)25-23-13-21-12-22(15-23)16-24(25)14-21/h2-8,10,18,21-25H,9,11-17H2,1H3,(H,30,32)(H,33,34). The lowest BCUT2D eigenvalue weighted by molar-refractivity contribution is -0.140. The van der Waals surface area contributed by atoms with E-state index in [0.717, 1.165) is 48.6 Å². The molecule has 6 rings (SSSR count). The van der Waals surface area contributed by atoms with Gasteiger partial charge in [0.05, 0.1) is 0 Å². The highest BCUT2D eigenvalue weighted by Gasteiger charge is 2.56. The summed E-state index contributed by atoms with van der Waals surface area (Å²) in [4.78, 5) is 32.5. The molecule has 1 heterocycles. The molecule has 34 heavy (non-hydrogen) atoms. The lowest BCUT2D eigenvalue weighted by Gasteiger charge is -2.59. The van der Waals surface area contributed by atoms with E-state index >= 15 is 0 Å². The largest absolute Gasteiger partial charge is 0.465 e. The number of benzene rings is 1. The van der Waals surface area contributed by atoms with Crippen LogP contribution in [0.15, 0.2) is 54.9 Å². The number of hydrogen-bond donors (Lipinski definition) is 2. The molecule has 1 unspecified atom stereocenters. The quantitative estimate of drug-likeness (QED) is 0.604. The first-order valence-electron chi connectivity index (χ1n) is 12.7. The molecule has 0 saturated heterocycles. The van der Waals surface area contributed by atoms with Crippen LogP contribution in [0.25, 0.3) is 0 Å². The Balaban J connectivity index is 1.42. The number of carbonyl (C=O) groups excluding carboxylic acids is 1. The molecule has 4 aliphatic rings. The van der Waals surface area contributed by atoms with Gasteiger partial charge in [0.15, 0.2) is 0 Å². The van der Waals surface area contributed by atoms with E-state index in [1.165, 1.54) is 6.42 Å². The molecule has 4 saturated carbocycles. The van der Waals surface area contributed by atoms with Crippen molar-refractivity contribution in [2.45, 2.75) is 63.5 Å². The van der Waals surface area contributed by atoms with Crippen LogP contribution in [0.4, 0.5) is 4.79 Å². The second-order valence-corrected chi connectivity index (χ2v) is 10.9. The van der Waals surface area contributed by atoms with Crippen LogP contribution >= 0.6 is 0 Å². The monoisotopic (exact) mass is 461 g/mol. The predicted molar refractivity (Wildman–Crippen MR) is 130 cm³/mol. The maximum absolute atomic E-state index is 13.8. The number of nitrogens with zero attached hydrogens (tertiary/aromatic N) is 2. The molecule has 2 aromatic rings. The van der Waals surface area contributed by atoms with Gasteiger partial charge in [0.1, 0.15) is 5.54 Å². The number of carboxylic acid groups (broad SMARTS) is 1. The molecule has 6 nitrogen and oxygen atoms in total. The number of aromatic nitrogens is 1. The third-order valence-electron chi connectivity index (χ3n) is 8.52. The zero-order chi connectivity index (χ0) is 23.7. The number of rotatable bonds is 8. The number of nitrogens with one attached hydrogen (secondary N) is 1. The van der Waals surface area contributed by atoms with E-state index in [1.807, 2.05) is 49.4 Å². The van der Waals surface area contributed by atoms with Crippen molar-refractivity contribution in [3.63, 3.8) is 0 Å². The molecule has 0 spiro atoms. The minimum Gasteiger partial charge on any atom is -0.465 e. The molecule has 1 aromatic heterocycles. The van der Waals surface area contributed by atoms with Crippen molar-refractivity contribution in [3.8, 4) is 0 Å². The Hall–Kier alpha value is -2.89. The first-order chi connectivity index (χ1) is 16.4. The van der Waals surface area contributed by atoms with Crippen molar-refractivity contribution in [1.82, 2.24) is 15.2 Å². The van der Waals surface area contributed by atoms with Crippen LogP contribution in [-0.2, 0) is 17.6 Å². The van der Waals surface area contributed by atoms with Gasteiger partial charge in [-0.2, -0.15) is 0 Å². The van der Waals surface area contributed by atoms with Crippen LogP contribution in [0.3, 0.4) is 0 Å². The summed E-state index contributed by atoms with van der Waals surface area (Å²) in [6.07, 6.45) is 9.18. The Morgan fingerprint density at radius 3 is 2.24 bits per heavy atom. The Morgan fingerprint density at radius 2 is 1.65 bits per heavy atom. The molecule has 2 N–H and O–H groups in total. The molecule has 4 fully saturated rings. The summed E-state index contributed by atoms with van der Waals surface area (Å²) in [6.45, 7) is 2.29. The molecule has 4 aliphatic carbocycles. The van der Waals surface area contributed by atoms with Gasteiger partial charge in [-0.05, 0) is 86.3 Å². The fraction of sp³-hybridized carbons (Fsp3) is 0.536. The van der Waals surface area contributed by atoms with Crippen LogP contribution in [0.5, 0.6) is 0 Å². The van der Waals surface area contributed by atoms with Gasteiger partial charge in [0, 0.05) is 31.4 Å². The molecule has 1 aromatic carbocycles. The lowest BCUT2D eigenvalue weighted by atomic mass is 9.53. The van der Waals surface area contributed by atoms with Gasteiger partial charge in [-0.25, -0.2) is 4.79 Å². The molecular weight excluding hydrogens is 426 g/mol. The minimum absolute atomic E-state index is 0.0909. The van der Waals surface area contributed by atoms with Crippen molar-refractivity contribution in [1.29, 1.82) is 0 Å². The second kappa shape index (κ2) is 9.40. The summed E-state index contributed by atoms with van der Waals surface area (Å²) in [5, 5.41) is 13.6. The second-order valence-electron chi connectivity index (χ2n) is 10.9. The van der Waals surface area contributed by atoms with Gasteiger partial charge in [-0.15, -0.1) is 0 Å². The van der Waals surface area contributed by atoms with Crippen molar-refractivity contribution in [3.05, 3.63) is 66.0 Å². The maximum atomic E-state index is 13.8. The average molecular weight is 462 g/mol. The molecule has 0 radical (unpaired) electrons. The van der Waals surface area contributed by atoms with Gasteiger partial charge in [0.25, 0.3) is 0 Å². The van der Waals surface area contributed by atoms with Crippen LogP contribution in [0.2, 0.25) is 0 Å². The highest BCUT2D eigenvalue weighted by Crippen LogP contribution is 2.56. The molecule has 1 atom stereocenters. The number of carbonyl (C=O) groups is 2. The van der Waals surface area contributed by atoms with E-state index in [9.17, 15) is 14.7 Å². The first-order valence-corrected chi connectivity index (χ1v) is 12.7. The Labute approximate surface area is 201 Å². The summed E-state index contributed by atoms with van der Waals surface area (Å²) in [5.41, 5.74) is 0.817. The zero-order valence-corrected chi connectivity index (χ0v) is 19.9. The summed E-state index contributed by atoms with van der Waals surface area (Å²) in [7, 11) is 0. The molecule has 4 bridgehead atoms. The Kier molecular flexibility index (Phi) is 6.32. The van der Waals surface area contributed by atoms with E-state index in [1.54, 1.807) is 17.3 Å². The summed E-state index contributed by atoms with van der Waals surface area (Å²) < 4.78 is 0. The van der Waals surface area contributed by atoms with E-state index in [0.29, 0.717) is 31.2 Å². The fourth-order valence-electron chi connectivity index (χ4n) is 7.32. The minimum atomic E-state index is -1.20. The SMILES string of the molecule is CC(Cc1cccnc1)(C(=O)NCCc1ccccc1)N(C(=O)O)C1C2CC3CC(C2)CC1C3. The van der Waals surface area contributed by atoms with Gasteiger partial charge in [-0.3, -0.25) is 14.7 Å². The topological polar surface area (TPSA) is 82.5 Å². The molecule has 6 heteroatoms. The van der Waals surface area contributed by atoms with Crippen molar-refractivity contribution >= 4 is 12.0 Å². The van der Waals surface area contributed by atoms with E-state index in [2.05, 4.69) is 10.3 Å². The van der Waals surface area contributed by atoms with Crippen LogP contribution in [0, 0.1) is 23.7 Å². The predicted octanol–water partition coefficient (Wildman–Crippen LogP) is 4.55. The molecule has 2 amide bonds. The highest BCUT2D eigenvalue weighted by atomic mass is 16.4. The number of pyridine rings is 1. The van der Waals surface area contributed by atoms with Crippen molar-refractivity contribution in [2.24, 2.45) is 23.7 Å². The van der Waals surface area contributed by atoms with E-state index in [-0.39, 0.29) is 11.9 Å². The number of amides is 2. The van der Waals surface area contributed by atoms with Crippen LogP contribution < -0.4 is 5.32 Å². The van der Waals surface area contributed by atoms with Gasteiger partial charge >= 0.3 is 6.09 Å². The smallest absolute Gasteiger partial charge is 0.408 e. The lowest BCUT2D eigenvalue weighted by Crippen LogP contribution is -2.68. The fourth-order valence-corrected chi connectivity index (χ4v) is 7.32. The van der Waals surface area contributed by atoms with Gasteiger partial charge < -0.3 is 10.4 Å². The maximum Gasteiger partial charge on any atom is 0.408 e. The van der Waals surface area contributed by atoms with Gasteiger partial charge in [-0.1, -0.05) is 36.4 Å². The molecule has 0 aliphatic heterocycles. The third-order valence-corrected chi connectivity index (χ3v) is 8.52. The van der Waals surface area contributed by atoms with Crippen molar-refractivity contribution < 1.29 is 14.7 Å². The average Bonchev–Trinajstić information content (AvgIpc) is 2.81. The van der Waals surface area contributed by atoms with E-state index < -0.39 is 11.6 Å². The van der Waals surface area contributed by atoms with Gasteiger partial charge in [0.2, 0.25) is 5.91 Å². The van der Waals surface area contributed by atoms with E-state index in [4.69, 9.17) is 0 Å².